The van der Waals surface area contributed by atoms with Gasteiger partial charge in [0.05, 0.1) is 6.61 Å². The van der Waals surface area contributed by atoms with Crippen LogP contribution in [0.1, 0.15) is 25.7 Å². The summed E-state index contributed by atoms with van der Waals surface area (Å²) in [6.45, 7) is 2.38. The van der Waals surface area contributed by atoms with E-state index in [0.717, 1.165) is 12.5 Å². The second-order valence-corrected chi connectivity index (χ2v) is 5.85. The molecule has 136 valence electrons. The van der Waals surface area contributed by atoms with E-state index < -0.39 is 49.0 Å². The van der Waals surface area contributed by atoms with Crippen LogP contribution in [0.2, 0.25) is 0 Å². The molecule has 2 aliphatic heterocycles. The molecule has 0 bridgehead atoms. The number of ether oxygens (including phenoxy) is 5. The normalized spacial score (nSPS) is 34.7. The molecule has 25 heavy (non-hydrogen) atoms. The van der Waals surface area contributed by atoms with Gasteiger partial charge in [0.1, 0.15) is 12.2 Å². The van der Waals surface area contributed by atoms with Crippen molar-refractivity contribution in [2.45, 2.75) is 50.9 Å². The third-order valence-electron chi connectivity index (χ3n) is 3.95. The molecular formula is C17H19FO7. The fourth-order valence-corrected chi connectivity index (χ4v) is 2.96. The maximum Gasteiger partial charge on any atom is 0.303 e. The lowest BCUT2D eigenvalue weighted by Gasteiger charge is -2.46. The fraction of sp³-hybridized carbons (Fsp3) is 0.529. The van der Waals surface area contributed by atoms with E-state index in [4.69, 9.17) is 23.7 Å². The van der Waals surface area contributed by atoms with Gasteiger partial charge in [0.25, 0.3) is 0 Å². The van der Waals surface area contributed by atoms with Crippen molar-refractivity contribution in [2.75, 3.05) is 6.61 Å². The van der Waals surface area contributed by atoms with Crippen LogP contribution in [0.3, 0.4) is 0 Å². The molecule has 8 heteroatoms. The van der Waals surface area contributed by atoms with Gasteiger partial charge in [-0.3, -0.25) is 9.59 Å². The number of benzene rings is 1. The summed E-state index contributed by atoms with van der Waals surface area (Å²) in [6.07, 6.45) is -6.83. The Kier molecular flexibility index (Phi) is 5.31. The van der Waals surface area contributed by atoms with Gasteiger partial charge in [-0.2, -0.15) is 0 Å². The summed E-state index contributed by atoms with van der Waals surface area (Å²) in [5.41, 5.74) is 0.758. The van der Waals surface area contributed by atoms with Gasteiger partial charge in [0.15, 0.2) is 18.5 Å². The van der Waals surface area contributed by atoms with Gasteiger partial charge in [-0.25, -0.2) is 4.39 Å². The molecule has 2 fully saturated rings. The summed E-state index contributed by atoms with van der Waals surface area (Å²) >= 11 is 0. The molecule has 6 atom stereocenters. The van der Waals surface area contributed by atoms with Crippen LogP contribution >= 0.6 is 0 Å². The van der Waals surface area contributed by atoms with Crippen molar-refractivity contribution in [2.24, 2.45) is 0 Å². The Bertz CT molecular complexity index is 623. The zero-order valence-electron chi connectivity index (χ0n) is 13.8. The third-order valence-corrected chi connectivity index (χ3v) is 3.95. The Morgan fingerprint density at radius 3 is 2.32 bits per heavy atom. The van der Waals surface area contributed by atoms with E-state index in [1.54, 1.807) is 0 Å². The number of carbonyl (C=O) groups is 2. The van der Waals surface area contributed by atoms with E-state index in [0.29, 0.717) is 0 Å². The highest BCUT2D eigenvalue weighted by molar-refractivity contribution is 5.67. The van der Waals surface area contributed by atoms with Crippen LogP contribution in [-0.2, 0) is 33.3 Å². The molecular weight excluding hydrogens is 335 g/mol. The van der Waals surface area contributed by atoms with Crippen molar-refractivity contribution in [3.63, 3.8) is 0 Å². The average Bonchev–Trinajstić information content (AvgIpc) is 2.58. The number of halogens is 1. The van der Waals surface area contributed by atoms with E-state index in [1.807, 2.05) is 30.3 Å². The molecule has 1 unspecified atom stereocenters. The number of esters is 2. The number of rotatable bonds is 3. The van der Waals surface area contributed by atoms with Gasteiger partial charge >= 0.3 is 11.9 Å². The van der Waals surface area contributed by atoms with E-state index in [2.05, 4.69) is 0 Å². The van der Waals surface area contributed by atoms with Gasteiger partial charge in [-0.15, -0.1) is 0 Å². The molecule has 0 N–H and O–H groups in total. The van der Waals surface area contributed by atoms with E-state index in [-0.39, 0.29) is 6.61 Å². The quantitative estimate of drug-likeness (QED) is 0.764. The van der Waals surface area contributed by atoms with E-state index in [1.165, 1.54) is 6.92 Å². The maximum atomic E-state index is 14.3. The Balaban J connectivity index is 1.84. The number of carbonyl (C=O) groups excluding carboxylic acids is 2. The number of fused-ring (bicyclic) bond motifs is 1. The molecule has 7 nitrogen and oxygen atoms in total. The summed E-state index contributed by atoms with van der Waals surface area (Å²) < 4.78 is 41.2. The predicted octanol–water partition coefficient (Wildman–Crippen LogP) is 1.66. The monoisotopic (exact) mass is 354 g/mol. The topological polar surface area (TPSA) is 80.3 Å². The molecule has 0 amide bonds. The highest BCUT2D eigenvalue weighted by Crippen LogP contribution is 2.36. The van der Waals surface area contributed by atoms with Crippen molar-refractivity contribution in [1.82, 2.24) is 0 Å². The Morgan fingerprint density at radius 2 is 1.68 bits per heavy atom. The standard InChI is InChI=1S/C17H19FO7/c1-9(19)22-14-13-12(24-16(18)15(14)23-10(2)20)8-21-17(25-13)11-6-4-3-5-7-11/h3-7,12-17H,8H2,1-2H3/t12-,13-,14+,15-,16+,17?/m1/s1. The highest BCUT2D eigenvalue weighted by Gasteiger charge is 2.53. The lowest BCUT2D eigenvalue weighted by Crippen LogP contribution is -2.62. The zero-order chi connectivity index (χ0) is 18.0. The van der Waals surface area contributed by atoms with Gasteiger partial charge in [0, 0.05) is 19.4 Å². The van der Waals surface area contributed by atoms with Gasteiger partial charge in [0.2, 0.25) is 6.36 Å². The van der Waals surface area contributed by atoms with Gasteiger partial charge in [-0.05, 0) is 0 Å². The highest BCUT2D eigenvalue weighted by atomic mass is 19.1. The van der Waals surface area contributed by atoms with Crippen LogP contribution in [0, 0.1) is 0 Å². The number of hydrogen-bond donors (Lipinski definition) is 0. The average molecular weight is 354 g/mol. The maximum absolute atomic E-state index is 14.3. The lowest BCUT2D eigenvalue weighted by molar-refractivity contribution is -0.344. The van der Waals surface area contributed by atoms with Crippen LogP contribution in [0.25, 0.3) is 0 Å². The minimum Gasteiger partial charge on any atom is -0.455 e. The van der Waals surface area contributed by atoms with Crippen LogP contribution in [-0.4, -0.2) is 49.3 Å². The summed E-state index contributed by atoms with van der Waals surface area (Å²) in [5, 5.41) is 0. The van der Waals surface area contributed by atoms with E-state index in [9.17, 15) is 14.0 Å². The van der Waals surface area contributed by atoms with Crippen molar-refractivity contribution in [3.05, 3.63) is 35.9 Å². The minimum absolute atomic E-state index is 0.0508. The molecule has 1 aromatic carbocycles. The molecule has 2 saturated heterocycles. The second kappa shape index (κ2) is 7.47. The predicted molar refractivity (Wildman–Crippen MR) is 80.9 cm³/mol. The number of hydrogen-bond acceptors (Lipinski definition) is 7. The van der Waals surface area contributed by atoms with Gasteiger partial charge in [-0.1, -0.05) is 30.3 Å². The van der Waals surface area contributed by atoms with E-state index >= 15 is 0 Å². The SMILES string of the molecule is CC(=O)O[C@@H]1[C@@H](OC(C)=O)[C@@H](F)O[C@@H]2COC(c3ccccc3)O[C@@H]12. The molecule has 0 spiro atoms. The summed E-state index contributed by atoms with van der Waals surface area (Å²) in [5.74, 6) is -1.35. The van der Waals surface area contributed by atoms with Crippen LogP contribution in [0.15, 0.2) is 30.3 Å². The van der Waals surface area contributed by atoms with Gasteiger partial charge < -0.3 is 23.7 Å². The molecule has 0 saturated carbocycles. The smallest absolute Gasteiger partial charge is 0.303 e. The first-order chi connectivity index (χ1) is 12.0. The molecule has 0 aliphatic carbocycles. The molecule has 0 radical (unpaired) electrons. The molecule has 1 aromatic rings. The zero-order valence-corrected chi connectivity index (χ0v) is 13.8. The van der Waals surface area contributed by atoms with Crippen molar-refractivity contribution < 1.29 is 37.7 Å². The first-order valence-corrected chi connectivity index (χ1v) is 7.91. The molecule has 3 rings (SSSR count). The Hall–Kier alpha value is -2.03. The van der Waals surface area contributed by atoms with Crippen LogP contribution in [0.4, 0.5) is 4.39 Å². The summed E-state index contributed by atoms with van der Waals surface area (Å²) in [4.78, 5) is 22.7. The summed E-state index contributed by atoms with van der Waals surface area (Å²) in [7, 11) is 0. The van der Waals surface area contributed by atoms with Crippen LogP contribution < -0.4 is 0 Å². The Morgan fingerprint density at radius 1 is 1.04 bits per heavy atom. The second-order valence-electron chi connectivity index (χ2n) is 5.85. The molecule has 2 aliphatic rings. The minimum atomic E-state index is -1.95. The summed E-state index contributed by atoms with van der Waals surface area (Å²) in [6, 6.07) is 9.14. The third kappa shape index (κ3) is 3.97. The lowest BCUT2D eigenvalue weighted by atomic mass is 9.97. The molecule has 0 aromatic heterocycles. The first kappa shape index (κ1) is 17.8. The van der Waals surface area contributed by atoms with Crippen molar-refractivity contribution >= 4 is 11.9 Å². The van der Waals surface area contributed by atoms with Crippen molar-refractivity contribution in [3.8, 4) is 0 Å². The first-order valence-electron chi connectivity index (χ1n) is 7.91. The largest absolute Gasteiger partial charge is 0.455 e. The number of alkyl halides is 1. The molecule has 2 heterocycles. The fourth-order valence-electron chi connectivity index (χ4n) is 2.96. The Labute approximate surface area is 143 Å². The van der Waals surface area contributed by atoms with Crippen LogP contribution in [0.5, 0.6) is 0 Å². The van der Waals surface area contributed by atoms with Crippen molar-refractivity contribution in [1.29, 1.82) is 0 Å².